The Kier molecular flexibility index (Phi) is 5.36. The number of furan rings is 1. The minimum Gasteiger partial charge on any atom is -0.479 e. The normalized spacial score (nSPS) is 20.5. The van der Waals surface area contributed by atoms with Gasteiger partial charge in [-0.05, 0) is 32.6 Å². The maximum atomic E-state index is 12.9. The zero-order valence-electron chi connectivity index (χ0n) is 15.7. The first-order valence-corrected chi connectivity index (χ1v) is 10.8. The topological polar surface area (TPSA) is 108 Å². The van der Waals surface area contributed by atoms with E-state index in [-0.39, 0.29) is 16.4 Å². The van der Waals surface area contributed by atoms with Crippen molar-refractivity contribution in [2.45, 2.75) is 62.3 Å². The van der Waals surface area contributed by atoms with E-state index in [1.165, 1.54) is 29.2 Å². The second-order valence-electron chi connectivity index (χ2n) is 7.40. The molecular formula is C18H26N2O6S. The lowest BCUT2D eigenvalue weighted by atomic mass is 9.80. The first-order chi connectivity index (χ1) is 12.7. The van der Waals surface area contributed by atoms with Crippen LogP contribution < -0.4 is 0 Å². The van der Waals surface area contributed by atoms with Crippen molar-refractivity contribution in [3.8, 4) is 0 Å². The molecule has 1 aromatic rings. The number of carboxylic acid groups (broad SMARTS) is 1. The number of hydrogen-bond donors (Lipinski definition) is 1. The molecule has 0 radical (unpaired) electrons. The maximum absolute atomic E-state index is 12.9. The van der Waals surface area contributed by atoms with Gasteiger partial charge in [-0.3, -0.25) is 4.79 Å². The highest BCUT2D eigenvalue weighted by molar-refractivity contribution is 7.89. The van der Waals surface area contributed by atoms with E-state index in [4.69, 9.17) is 4.42 Å². The van der Waals surface area contributed by atoms with Gasteiger partial charge >= 0.3 is 5.97 Å². The Labute approximate surface area is 159 Å². The highest BCUT2D eigenvalue weighted by Gasteiger charge is 2.46. The van der Waals surface area contributed by atoms with Crippen LogP contribution in [-0.4, -0.2) is 60.3 Å². The Bertz CT molecular complexity index is 832. The fraction of sp³-hybridized carbons (Fsp3) is 0.667. The van der Waals surface area contributed by atoms with Gasteiger partial charge < -0.3 is 14.4 Å². The van der Waals surface area contributed by atoms with E-state index in [0.29, 0.717) is 25.9 Å². The third-order valence-electron chi connectivity index (χ3n) is 5.79. The van der Waals surface area contributed by atoms with Crippen LogP contribution in [0.15, 0.2) is 15.4 Å². The highest BCUT2D eigenvalue weighted by Crippen LogP contribution is 2.35. The summed E-state index contributed by atoms with van der Waals surface area (Å²) < 4.78 is 32.4. The van der Waals surface area contributed by atoms with Gasteiger partial charge in [-0.25, -0.2) is 13.2 Å². The van der Waals surface area contributed by atoms with Crippen LogP contribution in [0.25, 0.3) is 0 Å². The van der Waals surface area contributed by atoms with Crippen molar-refractivity contribution in [1.82, 2.24) is 9.21 Å². The summed E-state index contributed by atoms with van der Waals surface area (Å²) in [5.74, 6) is -1.64. The number of amides is 1. The second-order valence-corrected chi connectivity index (χ2v) is 9.31. The molecule has 2 fully saturated rings. The Morgan fingerprint density at radius 3 is 2.30 bits per heavy atom. The van der Waals surface area contributed by atoms with Crippen LogP contribution in [0.3, 0.4) is 0 Å². The van der Waals surface area contributed by atoms with Crippen molar-refractivity contribution in [2.24, 2.45) is 0 Å². The molecule has 1 aromatic heterocycles. The molecule has 8 nitrogen and oxygen atoms in total. The molecule has 0 unspecified atom stereocenters. The highest BCUT2D eigenvalue weighted by atomic mass is 32.2. The molecule has 2 heterocycles. The van der Waals surface area contributed by atoms with Crippen LogP contribution in [-0.2, 0) is 14.8 Å². The minimum atomic E-state index is -3.71. The van der Waals surface area contributed by atoms with E-state index in [9.17, 15) is 23.1 Å². The zero-order valence-corrected chi connectivity index (χ0v) is 16.5. The molecule has 9 heteroatoms. The summed E-state index contributed by atoms with van der Waals surface area (Å²) in [6, 6.07) is 1.24. The number of nitrogens with zero attached hydrogens (tertiary/aromatic N) is 2. The van der Waals surface area contributed by atoms with Gasteiger partial charge in [-0.1, -0.05) is 19.3 Å². The molecule has 1 N–H and O–H groups in total. The molecule has 3 rings (SSSR count). The molecule has 1 saturated carbocycles. The van der Waals surface area contributed by atoms with Gasteiger partial charge in [-0.2, -0.15) is 4.31 Å². The number of carboxylic acids is 1. The van der Waals surface area contributed by atoms with Crippen LogP contribution >= 0.6 is 0 Å². The average Bonchev–Trinajstić information content (AvgIpc) is 3.31. The van der Waals surface area contributed by atoms with E-state index in [0.717, 1.165) is 32.1 Å². The number of carbonyl (C=O) groups excluding carboxylic acids is 1. The van der Waals surface area contributed by atoms with E-state index < -0.39 is 27.4 Å². The second kappa shape index (κ2) is 7.27. The molecule has 0 bridgehead atoms. The largest absolute Gasteiger partial charge is 0.479 e. The van der Waals surface area contributed by atoms with Gasteiger partial charge in [0.15, 0.2) is 5.76 Å². The number of carbonyl (C=O) groups is 2. The van der Waals surface area contributed by atoms with Gasteiger partial charge in [0.2, 0.25) is 10.0 Å². The predicted octanol–water partition coefficient (Wildman–Crippen LogP) is 2.23. The van der Waals surface area contributed by atoms with Crippen LogP contribution in [0.2, 0.25) is 0 Å². The molecule has 27 heavy (non-hydrogen) atoms. The molecular weight excluding hydrogens is 372 g/mol. The lowest BCUT2D eigenvalue weighted by molar-refractivity contribution is -0.151. The summed E-state index contributed by atoms with van der Waals surface area (Å²) in [6.45, 7) is 2.42. The van der Waals surface area contributed by atoms with Gasteiger partial charge in [0.1, 0.15) is 16.2 Å². The third-order valence-corrected chi connectivity index (χ3v) is 7.80. The van der Waals surface area contributed by atoms with Gasteiger partial charge in [0.25, 0.3) is 5.91 Å². The standard InChI is InChI=1S/C18H26N2O6S/c1-13-15(27(24,25)20-10-6-7-11-20)12-14(26-13)16(21)19(2)18(17(22)23)8-4-3-5-9-18/h12H,3-11H2,1-2H3,(H,22,23). The molecule has 1 aliphatic carbocycles. The van der Waals surface area contributed by atoms with Crippen molar-refractivity contribution >= 4 is 21.9 Å². The van der Waals surface area contributed by atoms with Crippen LogP contribution in [0, 0.1) is 6.92 Å². The maximum Gasteiger partial charge on any atom is 0.329 e. The van der Waals surface area contributed by atoms with Crippen LogP contribution in [0.1, 0.15) is 61.3 Å². The summed E-state index contributed by atoms with van der Waals surface area (Å²) >= 11 is 0. The van der Waals surface area contributed by atoms with Gasteiger partial charge in [-0.15, -0.1) is 0 Å². The van der Waals surface area contributed by atoms with Crippen molar-refractivity contribution in [2.75, 3.05) is 20.1 Å². The number of aliphatic carboxylic acids is 1. The SMILES string of the molecule is Cc1oc(C(=O)N(C)C2(C(=O)O)CCCCC2)cc1S(=O)(=O)N1CCCC1. The smallest absolute Gasteiger partial charge is 0.329 e. The molecule has 1 amide bonds. The summed E-state index contributed by atoms with van der Waals surface area (Å²) in [5, 5.41) is 9.76. The Morgan fingerprint density at radius 2 is 1.74 bits per heavy atom. The third kappa shape index (κ3) is 3.38. The number of sulfonamides is 1. The molecule has 1 saturated heterocycles. The Morgan fingerprint density at radius 1 is 1.15 bits per heavy atom. The van der Waals surface area contributed by atoms with Crippen molar-refractivity contribution in [3.63, 3.8) is 0 Å². The van der Waals surface area contributed by atoms with E-state index in [1.807, 2.05) is 0 Å². The number of aryl methyl sites for hydroxylation is 1. The van der Waals surface area contributed by atoms with Crippen molar-refractivity contribution in [1.29, 1.82) is 0 Å². The zero-order chi connectivity index (χ0) is 19.8. The predicted molar refractivity (Wildman–Crippen MR) is 97.0 cm³/mol. The molecule has 0 aromatic carbocycles. The first-order valence-electron chi connectivity index (χ1n) is 9.32. The molecule has 0 atom stereocenters. The van der Waals surface area contributed by atoms with E-state index >= 15 is 0 Å². The lowest BCUT2D eigenvalue weighted by Crippen LogP contribution is -2.56. The number of hydrogen-bond acceptors (Lipinski definition) is 5. The van der Waals surface area contributed by atoms with Crippen LogP contribution in [0.5, 0.6) is 0 Å². The molecule has 2 aliphatic rings. The average molecular weight is 398 g/mol. The number of likely N-dealkylation sites (N-methyl/N-ethyl adjacent to an activating group) is 1. The first kappa shape index (κ1) is 19.9. The van der Waals surface area contributed by atoms with E-state index in [2.05, 4.69) is 0 Å². The van der Waals surface area contributed by atoms with Crippen LogP contribution in [0.4, 0.5) is 0 Å². The van der Waals surface area contributed by atoms with Gasteiger partial charge in [0.05, 0.1) is 0 Å². The van der Waals surface area contributed by atoms with Crippen molar-refractivity contribution in [3.05, 3.63) is 17.6 Å². The minimum absolute atomic E-state index is 0.0193. The summed E-state index contributed by atoms with van der Waals surface area (Å²) in [7, 11) is -2.26. The Balaban J connectivity index is 1.90. The molecule has 150 valence electrons. The monoisotopic (exact) mass is 398 g/mol. The van der Waals surface area contributed by atoms with E-state index in [1.54, 1.807) is 0 Å². The summed E-state index contributed by atoms with van der Waals surface area (Å²) in [6.07, 6.45) is 4.78. The lowest BCUT2D eigenvalue weighted by Gasteiger charge is -2.40. The molecule has 0 spiro atoms. The van der Waals surface area contributed by atoms with Crippen molar-refractivity contribution < 1.29 is 27.5 Å². The molecule has 1 aliphatic heterocycles. The number of rotatable bonds is 5. The Hall–Kier alpha value is -1.87. The fourth-order valence-corrected chi connectivity index (χ4v) is 5.76. The van der Waals surface area contributed by atoms with Gasteiger partial charge in [0, 0.05) is 26.2 Å². The fourth-order valence-electron chi connectivity index (χ4n) is 4.08. The quantitative estimate of drug-likeness (QED) is 0.815. The summed E-state index contributed by atoms with van der Waals surface area (Å²) in [5.41, 5.74) is -1.27. The summed E-state index contributed by atoms with van der Waals surface area (Å²) in [4.78, 5) is 26.0.